The van der Waals surface area contributed by atoms with E-state index in [0.29, 0.717) is 18.8 Å². The zero-order valence-corrected chi connectivity index (χ0v) is 14.8. The molecule has 0 aliphatic carbocycles. The van der Waals surface area contributed by atoms with Crippen molar-refractivity contribution in [3.8, 4) is 5.69 Å². The summed E-state index contributed by atoms with van der Waals surface area (Å²) in [6.45, 7) is 2.78. The molecule has 1 aromatic carbocycles. The first-order valence-electron chi connectivity index (χ1n) is 8.37. The van der Waals surface area contributed by atoms with E-state index in [4.69, 9.17) is 4.74 Å². The van der Waals surface area contributed by atoms with E-state index in [1.165, 1.54) is 20.5 Å². The molecule has 0 spiro atoms. The van der Waals surface area contributed by atoms with Crippen LogP contribution in [0.2, 0.25) is 0 Å². The smallest absolute Gasteiger partial charge is 0.245 e. The second-order valence-electron chi connectivity index (χ2n) is 6.19. The molecule has 0 unspecified atom stereocenters. The number of hydrogen-bond donors (Lipinski definition) is 0. The van der Waals surface area contributed by atoms with Crippen molar-refractivity contribution >= 4 is 11.8 Å². The number of carbonyl (C=O) groups is 2. The highest BCUT2D eigenvalue weighted by molar-refractivity contribution is 5.94. The molecule has 2 heterocycles. The fraction of sp³-hybridized carbons (Fsp3) is 0.389. The first kappa shape index (κ1) is 18.1. The van der Waals surface area contributed by atoms with Crippen molar-refractivity contribution in [1.82, 2.24) is 19.6 Å². The number of ether oxygens (including phenoxy) is 1. The van der Waals surface area contributed by atoms with Gasteiger partial charge in [-0.15, -0.1) is 0 Å². The highest BCUT2D eigenvalue weighted by Crippen LogP contribution is 2.18. The van der Waals surface area contributed by atoms with Crippen molar-refractivity contribution in [1.29, 1.82) is 0 Å². The van der Waals surface area contributed by atoms with E-state index in [0.717, 1.165) is 5.56 Å². The van der Waals surface area contributed by atoms with Gasteiger partial charge in [0.25, 0.3) is 0 Å². The van der Waals surface area contributed by atoms with Gasteiger partial charge in [-0.05, 0) is 19.1 Å². The van der Waals surface area contributed by atoms with Gasteiger partial charge in [0.1, 0.15) is 17.5 Å². The van der Waals surface area contributed by atoms with Gasteiger partial charge in [0.05, 0.1) is 19.3 Å². The highest BCUT2D eigenvalue weighted by Gasteiger charge is 2.36. The van der Waals surface area contributed by atoms with Gasteiger partial charge in [-0.3, -0.25) is 9.59 Å². The fourth-order valence-corrected chi connectivity index (χ4v) is 2.97. The van der Waals surface area contributed by atoms with E-state index in [1.54, 1.807) is 44.6 Å². The predicted molar refractivity (Wildman–Crippen MR) is 92.0 cm³/mol. The van der Waals surface area contributed by atoms with Crippen LogP contribution in [0.3, 0.4) is 0 Å². The zero-order valence-electron chi connectivity index (χ0n) is 14.8. The molecule has 2 aromatic rings. The summed E-state index contributed by atoms with van der Waals surface area (Å²) in [5.41, 5.74) is 1.06. The van der Waals surface area contributed by atoms with Crippen LogP contribution in [0, 0.1) is 5.82 Å². The third-order valence-corrected chi connectivity index (χ3v) is 4.44. The first-order chi connectivity index (χ1) is 12.5. The second kappa shape index (κ2) is 7.65. The number of halogens is 1. The molecule has 1 aromatic heterocycles. The normalized spacial score (nSPS) is 17.9. The van der Waals surface area contributed by atoms with Crippen molar-refractivity contribution in [2.45, 2.75) is 19.5 Å². The predicted octanol–water partition coefficient (Wildman–Crippen LogP) is 1.22. The summed E-state index contributed by atoms with van der Waals surface area (Å²) in [6.07, 6.45) is 3.24. The summed E-state index contributed by atoms with van der Waals surface area (Å²) < 4.78 is 20.3. The van der Waals surface area contributed by atoms with Gasteiger partial charge in [-0.25, -0.2) is 9.07 Å². The Labute approximate surface area is 150 Å². The Morgan fingerprint density at radius 2 is 2.08 bits per heavy atom. The third-order valence-electron chi connectivity index (χ3n) is 4.44. The molecular formula is C18H21FN4O3. The van der Waals surface area contributed by atoms with Crippen molar-refractivity contribution in [2.24, 2.45) is 0 Å². The van der Waals surface area contributed by atoms with Crippen LogP contribution in [0.1, 0.15) is 12.5 Å². The maximum absolute atomic E-state index is 13.9. The second-order valence-corrected chi connectivity index (χ2v) is 6.19. The summed E-state index contributed by atoms with van der Waals surface area (Å²) >= 11 is 0. The zero-order chi connectivity index (χ0) is 18.7. The molecule has 1 aliphatic rings. The number of hydrogen-bond acceptors (Lipinski definition) is 4. The molecule has 2 amide bonds. The van der Waals surface area contributed by atoms with Crippen LogP contribution < -0.4 is 0 Å². The number of methoxy groups -OCH3 is 1. The Morgan fingerprint density at radius 3 is 2.81 bits per heavy atom. The number of aromatic nitrogens is 2. The lowest BCUT2D eigenvalue weighted by Gasteiger charge is -2.38. The lowest BCUT2D eigenvalue weighted by molar-refractivity contribution is -0.156. The lowest BCUT2D eigenvalue weighted by atomic mass is 10.1. The van der Waals surface area contributed by atoms with Gasteiger partial charge >= 0.3 is 0 Å². The quantitative estimate of drug-likeness (QED) is 0.777. The molecule has 0 saturated carbocycles. The highest BCUT2D eigenvalue weighted by atomic mass is 19.1. The molecule has 0 radical (unpaired) electrons. The minimum Gasteiger partial charge on any atom is -0.383 e. The van der Waals surface area contributed by atoms with E-state index in [-0.39, 0.29) is 30.7 Å². The van der Waals surface area contributed by atoms with Gasteiger partial charge in [-0.1, -0.05) is 12.1 Å². The van der Waals surface area contributed by atoms with Crippen LogP contribution in [0.4, 0.5) is 4.39 Å². The minimum absolute atomic E-state index is 0.0357. The van der Waals surface area contributed by atoms with Crippen molar-refractivity contribution in [2.75, 3.05) is 26.8 Å². The van der Waals surface area contributed by atoms with Gasteiger partial charge in [0, 0.05) is 32.0 Å². The standard InChI is InChI=1S/C18H21FN4O3/c1-13-18(25)21(7-8-26-2)12-17(24)22(13)10-14-9-20-23(11-14)16-6-4-3-5-15(16)19/h3-6,9,11,13H,7-8,10,12H2,1-2H3/t13-/m0/s1. The number of para-hydroxylation sites is 1. The Kier molecular flexibility index (Phi) is 5.32. The summed E-state index contributed by atoms with van der Waals surface area (Å²) in [7, 11) is 1.55. The van der Waals surface area contributed by atoms with Crippen LogP contribution in [0.15, 0.2) is 36.7 Å². The topological polar surface area (TPSA) is 67.7 Å². The van der Waals surface area contributed by atoms with E-state index in [1.807, 2.05) is 0 Å². The van der Waals surface area contributed by atoms with Gasteiger partial charge < -0.3 is 14.5 Å². The Balaban J connectivity index is 1.72. The molecule has 26 heavy (non-hydrogen) atoms. The van der Waals surface area contributed by atoms with Crippen molar-refractivity contribution in [3.05, 3.63) is 48.0 Å². The Hall–Kier alpha value is -2.74. The maximum atomic E-state index is 13.9. The van der Waals surface area contributed by atoms with E-state index >= 15 is 0 Å². The maximum Gasteiger partial charge on any atom is 0.245 e. The molecule has 1 fully saturated rings. The average molecular weight is 360 g/mol. The summed E-state index contributed by atoms with van der Waals surface area (Å²) in [5, 5.41) is 4.16. The van der Waals surface area contributed by atoms with Gasteiger partial charge in [0.15, 0.2) is 0 Å². The number of benzene rings is 1. The van der Waals surface area contributed by atoms with E-state index < -0.39 is 6.04 Å². The lowest BCUT2D eigenvalue weighted by Crippen LogP contribution is -2.58. The molecule has 138 valence electrons. The molecule has 8 heteroatoms. The summed E-state index contributed by atoms with van der Waals surface area (Å²) in [6, 6.07) is 5.75. The number of rotatable bonds is 6. The minimum atomic E-state index is -0.565. The average Bonchev–Trinajstić information content (AvgIpc) is 3.09. The summed E-state index contributed by atoms with van der Waals surface area (Å²) in [4.78, 5) is 27.9. The molecule has 7 nitrogen and oxygen atoms in total. The molecule has 1 atom stereocenters. The molecule has 0 bridgehead atoms. The fourth-order valence-electron chi connectivity index (χ4n) is 2.97. The monoisotopic (exact) mass is 360 g/mol. The number of carbonyl (C=O) groups excluding carboxylic acids is 2. The number of nitrogens with zero attached hydrogens (tertiary/aromatic N) is 4. The molecule has 1 saturated heterocycles. The van der Waals surface area contributed by atoms with Crippen LogP contribution >= 0.6 is 0 Å². The number of amides is 2. The molecule has 3 rings (SSSR count). The van der Waals surface area contributed by atoms with Gasteiger partial charge in [0.2, 0.25) is 11.8 Å². The SMILES string of the molecule is COCCN1CC(=O)N(Cc2cnn(-c3ccccc3F)c2)[C@@H](C)C1=O. The van der Waals surface area contributed by atoms with E-state index in [9.17, 15) is 14.0 Å². The van der Waals surface area contributed by atoms with Crippen LogP contribution in [-0.2, 0) is 20.9 Å². The molecule has 1 aliphatic heterocycles. The summed E-state index contributed by atoms with van der Waals surface area (Å²) in [5.74, 6) is -0.622. The molecular weight excluding hydrogens is 339 g/mol. The van der Waals surface area contributed by atoms with E-state index in [2.05, 4.69) is 5.10 Å². The van der Waals surface area contributed by atoms with Crippen LogP contribution in [0.25, 0.3) is 5.69 Å². The largest absolute Gasteiger partial charge is 0.383 e. The third kappa shape index (κ3) is 3.60. The van der Waals surface area contributed by atoms with Gasteiger partial charge in [-0.2, -0.15) is 5.10 Å². The molecule has 0 N–H and O–H groups in total. The Morgan fingerprint density at radius 1 is 1.31 bits per heavy atom. The Bertz CT molecular complexity index is 807. The van der Waals surface area contributed by atoms with Crippen molar-refractivity contribution < 1.29 is 18.7 Å². The first-order valence-corrected chi connectivity index (χ1v) is 8.37. The van der Waals surface area contributed by atoms with Crippen molar-refractivity contribution in [3.63, 3.8) is 0 Å². The van der Waals surface area contributed by atoms with Crippen LogP contribution in [0.5, 0.6) is 0 Å². The number of piperazine rings is 1. The van der Waals surface area contributed by atoms with Crippen LogP contribution in [-0.4, -0.2) is 64.2 Å².